The molecule has 2 aromatic heterocycles. The Kier molecular flexibility index (Phi) is 3.33. The van der Waals surface area contributed by atoms with Gasteiger partial charge < -0.3 is 0 Å². The molecule has 2 heterocycles. The van der Waals surface area contributed by atoms with Crippen molar-refractivity contribution in [3.8, 4) is 17.3 Å². The molecule has 20 heavy (non-hydrogen) atoms. The molecule has 0 fully saturated rings. The molecule has 0 aliphatic carbocycles. The second-order valence-corrected chi connectivity index (χ2v) is 4.57. The molecule has 0 spiro atoms. The molecule has 5 nitrogen and oxygen atoms in total. The first kappa shape index (κ1) is 13.0. The first-order valence-electron chi connectivity index (χ1n) is 5.49. The van der Waals surface area contributed by atoms with Crippen LogP contribution in [-0.4, -0.2) is 24.5 Å². The summed E-state index contributed by atoms with van der Waals surface area (Å²) in [4.78, 5) is 16.2. The zero-order valence-corrected chi connectivity index (χ0v) is 11.3. The zero-order valence-electron chi connectivity index (χ0n) is 9.83. The Labute approximate surface area is 123 Å². The summed E-state index contributed by atoms with van der Waals surface area (Å²) in [6, 6.07) is 4.19. The van der Waals surface area contributed by atoms with Gasteiger partial charge in [0.25, 0.3) is 0 Å². The van der Waals surface area contributed by atoms with Crippen molar-refractivity contribution in [2.24, 2.45) is 0 Å². The van der Waals surface area contributed by atoms with Crippen molar-refractivity contribution in [2.75, 3.05) is 0 Å². The third kappa shape index (κ3) is 2.48. The Morgan fingerprint density at radius 3 is 2.65 bits per heavy atom. The number of halogens is 3. The molecule has 0 saturated heterocycles. The van der Waals surface area contributed by atoms with Crippen molar-refractivity contribution in [1.82, 2.24) is 24.5 Å². The van der Waals surface area contributed by atoms with Crippen LogP contribution in [-0.2, 0) is 0 Å². The molecule has 0 bridgehead atoms. The molecule has 8 heteroatoms. The molecule has 0 unspecified atom stereocenters. The lowest BCUT2D eigenvalue weighted by atomic mass is 10.2. The van der Waals surface area contributed by atoms with Crippen LogP contribution in [0, 0.1) is 5.82 Å². The average Bonchev–Trinajstić information content (AvgIpc) is 2.95. The highest BCUT2D eigenvalue weighted by molar-refractivity contribution is 6.31. The van der Waals surface area contributed by atoms with E-state index in [0.29, 0.717) is 17.3 Å². The van der Waals surface area contributed by atoms with Crippen molar-refractivity contribution >= 4 is 23.2 Å². The maximum atomic E-state index is 13.2. The Balaban J connectivity index is 2.12. The number of nitrogens with zero attached hydrogens (tertiary/aromatic N) is 5. The molecule has 0 atom stereocenters. The number of hydrogen-bond donors (Lipinski definition) is 0. The summed E-state index contributed by atoms with van der Waals surface area (Å²) in [5.74, 6) is 0.110. The van der Waals surface area contributed by atoms with Gasteiger partial charge in [0, 0.05) is 18.0 Å². The minimum absolute atomic E-state index is 0.0109. The highest BCUT2D eigenvalue weighted by Crippen LogP contribution is 2.23. The first-order chi connectivity index (χ1) is 9.63. The van der Waals surface area contributed by atoms with Crippen LogP contribution in [0.2, 0.25) is 10.3 Å². The second-order valence-electron chi connectivity index (χ2n) is 3.83. The van der Waals surface area contributed by atoms with Crippen molar-refractivity contribution in [3.05, 3.63) is 53.0 Å². The summed E-state index contributed by atoms with van der Waals surface area (Å²) in [6.45, 7) is 0. The van der Waals surface area contributed by atoms with Gasteiger partial charge in [-0.15, -0.1) is 0 Å². The third-order valence-electron chi connectivity index (χ3n) is 2.51. The molecule has 1 aromatic carbocycles. The van der Waals surface area contributed by atoms with Crippen LogP contribution in [0.25, 0.3) is 17.3 Å². The Morgan fingerprint density at radius 1 is 1.10 bits per heavy atom. The Bertz CT molecular complexity index is 761. The van der Waals surface area contributed by atoms with Gasteiger partial charge in [-0.05, 0) is 29.8 Å². The van der Waals surface area contributed by atoms with Gasteiger partial charge in [0.2, 0.25) is 11.2 Å². The molecule has 3 rings (SSSR count). The molecule has 0 aliphatic heterocycles. The number of benzene rings is 1. The van der Waals surface area contributed by atoms with E-state index in [2.05, 4.69) is 19.9 Å². The lowest BCUT2D eigenvalue weighted by molar-refractivity contribution is 0.628. The summed E-state index contributed by atoms with van der Waals surface area (Å²) in [6.07, 6.45) is 4.80. The highest BCUT2D eigenvalue weighted by Gasteiger charge is 2.10. The summed E-state index contributed by atoms with van der Waals surface area (Å²) in [7, 11) is 0. The van der Waals surface area contributed by atoms with E-state index in [0.717, 1.165) is 0 Å². The molecule has 3 aromatic rings. The van der Waals surface area contributed by atoms with Crippen LogP contribution in [0.1, 0.15) is 0 Å². The van der Waals surface area contributed by atoms with Crippen LogP contribution in [0.5, 0.6) is 0 Å². The molecule has 0 radical (unpaired) electrons. The minimum Gasteiger partial charge on any atom is -0.274 e. The van der Waals surface area contributed by atoms with Crippen LogP contribution in [0.4, 0.5) is 4.39 Å². The monoisotopic (exact) mass is 309 g/mol. The lowest BCUT2D eigenvalue weighted by Gasteiger charge is -2.05. The topological polar surface area (TPSA) is 56.5 Å². The van der Waals surface area contributed by atoms with Gasteiger partial charge in [0.15, 0.2) is 5.82 Å². The Morgan fingerprint density at radius 2 is 1.95 bits per heavy atom. The van der Waals surface area contributed by atoms with Gasteiger partial charge >= 0.3 is 0 Å². The van der Waals surface area contributed by atoms with Crippen molar-refractivity contribution in [2.45, 2.75) is 0 Å². The fraction of sp³-hybridized carbons (Fsp3) is 0. The normalized spacial score (nSPS) is 10.8. The standard InChI is InChI=1S/C12H6Cl2FN5/c13-8-5-7(1-2-9(8)15)10-17-11(14)19-12(18-10)20-4-3-16-6-20/h1-6H. The zero-order chi connectivity index (χ0) is 14.1. The molecule has 0 aliphatic rings. The number of imidazole rings is 1. The first-order valence-corrected chi connectivity index (χ1v) is 6.24. The van der Waals surface area contributed by atoms with Crippen LogP contribution < -0.4 is 0 Å². The lowest BCUT2D eigenvalue weighted by Crippen LogP contribution is -2.03. The summed E-state index contributed by atoms with van der Waals surface area (Å²) < 4.78 is 14.8. The van der Waals surface area contributed by atoms with Gasteiger partial charge in [-0.2, -0.15) is 15.0 Å². The maximum absolute atomic E-state index is 13.2. The average molecular weight is 310 g/mol. The summed E-state index contributed by atoms with van der Waals surface area (Å²) >= 11 is 11.6. The van der Waals surface area contributed by atoms with E-state index in [9.17, 15) is 4.39 Å². The molecular formula is C12H6Cl2FN5. The fourth-order valence-corrected chi connectivity index (χ4v) is 1.93. The number of rotatable bonds is 2. The van der Waals surface area contributed by atoms with Gasteiger partial charge in [-0.3, -0.25) is 4.57 Å². The van der Waals surface area contributed by atoms with E-state index >= 15 is 0 Å². The third-order valence-corrected chi connectivity index (χ3v) is 2.97. The summed E-state index contributed by atoms with van der Waals surface area (Å²) in [5, 5.41) is 0.0161. The van der Waals surface area contributed by atoms with E-state index < -0.39 is 5.82 Å². The van der Waals surface area contributed by atoms with E-state index in [1.54, 1.807) is 17.0 Å². The van der Waals surface area contributed by atoms with Crippen molar-refractivity contribution < 1.29 is 4.39 Å². The van der Waals surface area contributed by atoms with Gasteiger partial charge in [0.05, 0.1) is 5.02 Å². The Hall–Kier alpha value is -2.05. The quantitative estimate of drug-likeness (QED) is 0.729. The van der Waals surface area contributed by atoms with E-state index in [1.165, 1.54) is 24.5 Å². The maximum Gasteiger partial charge on any atom is 0.239 e. The molecule has 0 saturated carbocycles. The fourth-order valence-electron chi connectivity index (χ4n) is 1.60. The van der Waals surface area contributed by atoms with Gasteiger partial charge in [-0.25, -0.2) is 9.37 Å². The molecule has 100 valence electrons. The second kappa shape index (κ2) is 5.15. The largest absolute Gasteiger partial charge is 0.274 e. The highest BCUT2D eigenvalue weighted by atomic mass is 35.5. The SMILES string of the molecule is Fc1ccc(-c2nc(Cl)nc(-n3ccnc3)n2)cc1Cl. The van der Waals surface area contributed by atoms with Crippen LogP contribution >= 0.6 is 23.2 Å². The van der Waals surface area contributed by atoms with E-state index in [-0.39, 0.29) is 10.3 Å². The van der Waals surface area contributed by atoms with E-state index in [4.69, 9.17) is 23.2 Å². The summed E-state index contributed by atoms with van der Waals surface area (Å²) in [5.41, 5.74) is 0.544. The van der Waals surface area contributed by atoms with Crippen LogP contribution in [0.3, 0.4) is 0 Å². The van der Waals surface area contributed by atoms with Crippen LogP contribution in [0.15, 0.2) is 36.9 Å². The van der Waals surface area contributed by atoms with Crippen molar-refractivity contribution in [3.63, 3.8) is 0 Å². The number of aromatic nitrogens is 5. The smallest absolute Gasteiger partial charge is 0.239 e. The minimum atomic E-state index is -0.509. The predicted molar refractivity (Wildman–Crippen MR) is 72.4 cm³/mol. The van der Waals surface area contributed by atoms with Gasteiger partial charge in [-0.1, -0.05) is 11.6 Å². The molecular weight excluding hydrogens is 304 g/mol. The number of hydrogen-bond acceptors (Lipinski definition) is 4. The molecule has 0 N–H and O–H groups in total. The van der Waals surface area contributed by atoms with E-state index in [1.807, 2.05) is 0 Å². The van der Waals surface area contributed by atoms with Crippen molar-refractivity contribution in [1.29, 1.82) is 0 Å². The molecule has 0 amide bonds. The van der Waals surface area contributed by atoms with Gasteiger partial charge in [0.1, 0.15) is 12.1 Å². The predicted octanol–water partition coefficient (Wildman–Crippen LogP) is 3.17.